The number of amides is 1. The van der Waals surface area contributed by atoms with Gasteiger partial charge in [0, 0.05) is 25.7 Å². The summed E-state index contributed by atoms with van der Waals surface area (Å²) in [5.74, 6) is 0.766. The molecule has 1 amide bonds. The van der Waals surface area contributed by atoms with E-state index in [1.807, 2.05) is 0 Å². The molecule has 5 nitrogen and oxygen atoms in total. The van der Waals surface area contributed by atoms with Crippen molar-refractivity contribution in [1.82, 2.24) is 14.9 Å². The van der Waals surface area contributed by atoms with Crippen LogP contribution in [-0.4, -0.2) is 41.4 Å². The van der Waals surface area contributed by atoms with Crippen molar-refractivity contribution in [3.05, 3.63) is 41.7 Å². The second kappa shape index (κ2) is 6.86. The number of nitrogens with one attached hydrogen (secondary N) is 1. The van der Waals surface area contributed by atoms with Crippen LogP contribution in [0.4, 0.5) is 19.0 Å². The van der Waals surface area contributed by atoms with Gasteiger partial charge in [0.15, 0.2) is 0 Å². The van der Waals surface area contributed by atoms with Crippen LogP contribution in [0, 0.1) is 6.92 Å². The Morgan fingerprint density at radius 2 is 1.79 bits per heavy atom. The first-order chi connectivity index (χ1) is 11.2. The Bertz CT molecular complexity index is 727. The Kier molecular flexibility index (Phi) is 5.06. The maximum Gasteiger partial charge on any atom is 0.416 e. The summed E-state index contributed by atoms with van der Waals surface area (Å²) < 4.78 is 37.9. The zero-order valence-electron chi connectivity index (χ0n) is 13.5. The van der Waals surface area contributed by atoms with E-state index in [0.717, 1.165) is 12.1 Å². The number of carbonyl (C=O) groups excluding carboxylic acids is 1. The second-order valence-corrected chi connectivity index (χ2v) is 5.40. The molecule has 0 bridgehead atoms. The first-order valence-corrected chi connectivity index (χ1v) is 7.14. The fraction of sp³-hybridized carbons (Fsp3) is 0.312. The topological polar surface area (TPSA) is 58.1 Å². The van der Waals surface area contributed by atoms with E-state index >= 15 is 0 Å². The molecule has 2 aromatic rings. The highest BCUT2D eigenvalue weighted by molar-refractivity contribution is 5.80. The number of hydrogen-bond donors (Lipinski definition) is 1. The minimum atomic E-state index is -4.38. The number of hydrogen-bond acceptors (Lipinski definition) is 4. The molecule has 0 atom stereocenters. The van der Waals surface area contributed by atoms with Gasteiger partial charge < -0.3 is 10.2 Å². The largest absolute Gasteiger partial charge is 0.416 e. The molecule has 24 heavy (non-hydrogen) atoms. The normalized spacial score (nSPS) is 11.2. The van der Waals surface area contributed by atoms with Crippen LogP contribution in [-0.2, 0) is 11.0 Å². The standard InChI is InChI=1S/C16H17F3N4O/c1-10-21-13(8-14(22-10)20-9-15(24)23(2)3)11-4-6-12(7-5-11)16(17,18)19/h4-8H,9H2,1-3H3,(H,20,21,22). The number of nitrogens with zero attached hydrogens (tertiary/aromatic N) is 3. The monoisotopic (exact) mass is 338 g/mol. The summed E-state index contributed by atoms with van der Waals surface area (Å²) in [5, 5.41) is 2.89. The third-order valence-electron chi connectivity index (χ3n) is 3.27. The fourth-order valence-electron chi connectivity index (χ4n) is 1.96. The van der Waals surface area contributed by atoms with E-state index in [1.165, 1.54) is 17.0 Å². The van der Waals surface area contributed by atoms with Crippen LogP contribution in [0.5, 0.6) is 0 Å². The molecular weight excluding hydrogens is 321 g/mol. The van der Waals surface area contributed by atoms with E-state index in [0.29, 0.717) is 22.9 Å². The highest BCUT2D eigenvalue weighted by Gasteiger charge is 2.30. The predicted octanol–water partition coefficient (Wildman–Crippen LogP) is 2.97. The van der Waals surface area contributed by atoms with Gasteiger partial charge in [-0.25, -0.2) is 9.97 Å². The summed E-state index contributed by atoms with van der Waals surface area (Å²) in [4.78, 5) is 21.4. The van der Waals surface area contributed by atoms with Crippen molar-refractivity contribution < 1.29 is 18.0 Å². The van der Waals surface area contributed by atoms with E-state index in [-0.39, 0.29) is 12.5 Å². The van der Waals surface area contributed by atoms with Gasteiger partial charge in [-0.3, -0.25) is 4.79 Å². The molecule has 8 heteroatoms. The van der Waals surface area contributed by atoms with Crippen molar-refractivity contribution >= 4 is 11.7 Å². The third kappa shape index (κ3) is 4.43. The summed E-state index contributed by atoms with van der Waals surface area (Å²) in [7, 11) is 3.28. The second-order valence-electron chi connectivity index (χ2n) is 5.40. The molecule has 0 saturated carbocycles. The van der Waals surface area contributed by atoms with E-state index in [1.54, 1.807) is 27.1 Å². The smallest absolute Gasteiger partial charge is 0.361 e. The van der Waals surface area contributed by atoms with Crippen LogP contribution in [0.1, 0.15) is 11.4 Å². The van der Waals surface area contributed by atoms with Crippen molar-refractivity contribution in [1.29, 1.82) is 0 Å². The van der Waals surface area contributed by atoms with Crippen LogP contribution < -0.4 is 5.32 Å². The number of alkyl halides is 3. The van der Waals surface area contributed by atoms with Crippen LogP contribution >= 0.6 is 0 Å². The zero-order chi connectivity index (χ0) is 17.9. The highest BCUT2D eigenvalue weighted by Crippen LogP contribution is 2.30. The third-order valence-corrected chi connectivity index (χ3v) is 3.27. The number of benzene rings is 1. The summed E-state index contributed by atoms with van der Waals surface area (Å²) in [6, 6.07) is 6.34. The molecule has 0 unspecified atom stereocenters. The van der Waals surface area contributed by atoms with Gasteiger partial charge in [0.25, 0.3) is 0 Å². The lowest BCUT2D eigenvalue weighted by molar-refractivity contribution is -0.137. The molecule has 0 saturated heterocycles. The lowest BCUT2D eigenvalue weighted by Gasteiger charge is -2.12. The predicted molar refractivity (Wildman–Crippen MR) is 84.4 cm³/mol. The van der Waals surface area contributed by atoms with Crippen molar-refractivity contribution in [2.75, 3.05) is 26.0 Å². The maximum atomic E-state index is 12.6. The number of likely N-dealkylation sites (N-methyl/N-ethyl adjacent to an activating group) is 1. The Labute approximate surface area is 137 Å². The molecule has 0 fully saturated rings. The van der Waals surface area contributed by atoms with Gasteiger partial charge in [-0.05, 0) is 19.1 Å². The average Bonchev–Trinajstić information content (AvgIpc) is 2.51. The Morgan fingerprint density at radius 3 is 2.33 bits per heavy atom. The number of halogens is 3. The number of carbonyl (C=O) groups is 1. The number of rotatable bonds is 4. The van der Waals surface area contributed by atoms with Crippen LogP contribution in [0.15, 0.2) is 30.3 Å². The van der Waals surface area contributed by atoms with Gasteiger partial charge >= 0.3 is 6.18 Å². The summed E-state index contributed by atoms with van der Waals surface area (Å²) >= 11 is 0. The minimum Gasteiger partial charge on any atom is -0.361 e. The summed E-state index contributed by atoms with van der Waals surface area (Å²) in [6.07, 6.45) is -4.38. The average molecular weight is 338 g/mol. The van der Waals surface area contributed by atoms with E-state index in [9.17, 15) is 18.0 Å². The highest BCUT2D eigenvalue weighted by atomic mass is 19.4. The van der Waals surface area contributed by atoms with E-state index in [4.69, 9.17) is 0 Å². The van der Waals surface area contributed by atoms with Crippen LogP contribution in [0.2, 0.25) is 0 Å². The minimum absolute atomic E-state index is 0.0654. The van der Waals surface area contributed by atoms with Crippen molar-refractivity contribution in [2.45, 2.75) is 13.1 Å². The first-order valence-electron chi connectivity index (χ1n) is 7.14. The molecule has 1 aromatic carbocycles. The first kappa shape index (κ1) is 17.7. The molecule has 1 N–H and O–H groups in total. The van der Waals surface area contributed by atoms with E-state index in [2.05, 4.69) is 15.3 Å². The molecule has 0 aliphatic rings. The lowest BCUT2D eigenvalue weighted by Crippen LogP contribution is -2.28. The molecule has 128 valence electrons. The lowest BCUT2D eigenvalue weighted by atomic mass is 10.1. The SMILES string of the molecule is Cc1nc(NCC(=O)N(C)C)cc(-c2ccc(C(F)(F)F)cc2)n1. The molecule has 1 heterocycles. The van der Waals surface area contributed by atoms with Gasteiger partial charge in [-0.15, -0.1) is 0 Å². The molecule has 0 aliphatic heterocycles. The van der Waals surface area contributed by atoms with Gasteiger partial charge in [0.05, 0.1) is 17.8 Å². The molecule has 0 radical (unpaired) electrons. The number of aryl methyl sites for hydroxylation is 1. The Morgan fingerprint density at radius 1 is 1.17 bits per heavy atom. The van der Waals surface area contributed by atoms with Crippen molar-refractivity contribution in [3.63, 3.8) is 0 Å². The molecule has 0 spiro atoms. The van der Waals surface area contributed by atoms with Gasteiger partial charge in [-0.2, -0.15) is 13.2 Å². The van der Waals surface area contributed by atoms with Crippen LogP contribution in [0.3, 0.4) is 0 Å². The van der Waals surface area contributed by atoms with E-state index < -0.39 is 11.7 Å². The van der Waals surface area contributed by atoms with Gasteiger partial charge in [0.1, 0.15) is 11.6 Å². The van der Waals surface area contributed by atoms with Crippen molar-refractivity contribution in [2.24, 2.45) is 0 Å². The van der Waals surface area contributed by atoms with Crippen molar-refractivity contribution in [3.8, 4) is 11.3 Å². The van der Waals surface area contributed by atoms with Crippen LogP contribution in [0.25, 0.3) is 11.3 Å². The zero-order valence-corrected chi connectivity index (χ0v) is 13.5. The molecule has 2 rings (SSSR count). The molecular formula is C16H17F3N4O. The number of aromatic nitrogens is 2. The summed E-state index contributed by atoms with van der Waals surface area (Å²) in [5.41, 5.74) is 0.304. The van der Waals surface area contributed by atoms with Gasteiger partial charge in [-0.1, -0.05) is 12.1 Å². The maximum absolute atomic E-state index is 12.6. The van der Waals surface area contributed by atoms with Gasteiger partial charge in [0.2, 0.25) is 5.91 Å². The fourth-order valence-corrected chi connectivity index (χ4v) is 1.96. The molecule has 0 aliphatic carbocycles. The molecule has 1 aromatic heterocycles. The quantitative estimate of drug-likeness (QED) is 0.931. The summed E-state index contributed by atoms with van der Waals surface area (Å²) in [6.45, 7) is 1.74. The Hall–Kier alpha value is -2.64. The Balaban J connectivity index is 2.23. The number of anilines is 1.